The summed E-state index contributed by atoms with van der Waals surface area (Å²) in [5.74, 6) is -0.0415. The van der Waals surface area contributed by atoms with E-state index in [1.54, 1.807) is 11.8 Å². The number of carboxylic acid groups (broad SMARTS) is 1. The first-order valence-corrected chi connectivity index (χ1v) is 8.34. The molecule has 4 heteroatoms. The van der Waals surface area contributed by atoms with E-state index in [0.29, 0.717) is 0 Å². The minimum Gasteiger partial charge on any atom is -0.481 e. The molecule has 1 aromatic heterocycles. The van der Waals surface area contributed by atoms with Gasteiger partial charge in [-0.15, -0.1) is 11.8 Å². The predicted octanol–water partition coefficient (Wildman–Crippen LogP) is 4.20. The fourth-order valence-electron chi connectivity index (χ4n) is 3.11. The Morgan fingerprint density at radius 3 is 2.50 bits per heavy atom. The second-order valence-corrected chi connectivity index (χ2v) is 7.31. The SMILES string of the molecule is CC1(C)C(C(=O)O)C1c1ccc(SCc2ccccc2)nc1. The van der Waals surface area contributed by atoms with Gasteiger partial charge >= 0.3 is 5.97 Å². The van der Waals surface area contributed by atoms with E-state index in [-0.39, 0.29) is 17.3 Å². The maximum Gasteiger partial charge on any atom is 0.307 e. The summed E-state index contributed by atoms with van der Waals surface area (Å²) in [6.07, 6.45) is 1.84. The van der Waals surface area contributed by atoms with Crippen LogP contribution < -0.4 is 0 Å². The van der Waals surface area contributed by atoms with Crippen LogP contribution in [0.4, 0.5) is 0 Å². The van der Waals surface area contributed by atoms with Crippen LogP contribution in [-0.2, 0) is 10.5 Å². The summed E-state index contributed by atoms with van der Waals surface area (Å²) in [6.45, 7) is 4.02. The van der Waals surface area contributed by atoms with E-state index in [0.717, 1.165) is 16.3 Å². The molecule has 114 valence electrons. The van der Waals surface area contributed by atoms with Gasteiger partial charge in [0.15, 0.2) is 0 Å². The molecule has 0 saturated heterocycles. The first-order chi connectivity index (χ1) is 10.5. The van der Waals surface area contributed by atoms with Gasteiger partial charge in [-0.05, 0) is 22.6 Å². The van der Waals surface area contributed by atoms with Crippen LogP contribution in [0.3, 0.4) is 0 Å². The highest BCUT2D eigenvalue weighted by molar-refractivity contribution is 7.98. The normalized spacial score (nSPS) is 22.3. The molecule has 0 aliphatic heterocycles. The van der Waals surface area contributed by atoms with Crippen LogP contribution in [0.5, 0.6) is 0 Å². The zero-order valence-corrected chi connectivity index (χ0v) is 13.5. The molecule has 1 aliphatic rings. The third-order valence-electron chi connectivity index (χ3n) is 4.44. The Morgan fingerprint density at radius 2 is 1.95 bits per heavy atom. The minimum absolute atomic E-state index is 0.0747. The number of hydrogen-bond donors (Lipinski definition) is 1. The Balaban J connectivity index is 1.65. The highest BCUT2D eigenvalue weighted by Gasteiger charge is 2.62. The third-order valence-corrected chi connectivity index (χ3v) is 5.46. The molecule has 0 spiro atoms. The molecule has 2 atom stereocenters. The van der Waals surface area contributed by atoms with E-state index < -0.39 is 5.97 Å². The van der Waals surface area contributed by atoms with Crippen LogP contribution in [0, 0.1) is 11.3 Å². The molecule has 0 bridgehead atoms. The van der Waals surface area contributed by atoms with E-state index in [2.05, 4.69) is 17.1 Å². The Labute approximate surface area is 134 Å². The molecule has 2 aromatic rings. The summed E-state index contributed by atoms with van der Waals surface area (Å²) in [6, 6.07) is 14.3. The summed E-state index contributed by atoms with van der Waals surface area (Å²) < 4.78 is 0. The molecular formula is C18H19NO2S. The highest BCUT2D eigenvalue weighted by Crippen LogP contribution is 2.64. The maximum absolute atomic E-state index is 11.3. The topological polar surface area (TPSA) is 50.2 Å². The third kappa shape index (κ3) is 2.88. The zero-order chi connectivity index (χ0) is 15.7. The van der Waals surface area contributed by atoms with E-state index in [1.165, 1.54) is 5.56 Å². The van der Waals surface area contributed by atoms with Crippen molar-refractivity contribution in [3.05, 3.63) is 59.8 Å². The second-order valence-electron chi connectivity index (χ2n) is 6.32. The zero-order valence-electron chi connectivity index (χ0n) is 12.7. The van der Waals surface area contributed by atoms with E-state index in [1.807, 2.05) is 50.4 Å². The molecule has 1 saturated carbocycles. The Bertz CT molecular complexity index is 667. The smallest absolute Gasteiger partial charge is 0.307 e. The van der Waals surface area contributed by atoms with Crippen LogP contribution in [0.25, 0.3) is 0 Å². The lowest BCUT2D eigenvalue weighted by Gasteiger charge is -2.05. The van der Waals surface area contributed by atoms with Crippen molar-refractivity contribution in [2.24, 2.45) is 11.3 Å². The number of hydrogen-bond acceptors (Lipinski definition) is 3. The fraction of sp³-hybridized carbons (Fsp3) is 0.333. The standard InChI is InChI=1S/C18H19NO2S/c1-18(2)15(16(18)17(20)21)13-8-9-14(19-10-13)22-11-12-6-4-3-5-7-12/h3-10,15-16H,11H2,1-2H3,(H,20,21). The molecule has 2 unspecified atom stereocenters. The van der Waals surface area contributed by atoms with Crippen molar-refractivity contribution in [3.8, 4) is 0 Å². The number of carboxylic acids is 1. The fourth-order valence-corrected chi connectivity index (χ4v) is 3.91. The number of benzene rings is 1. The van der Waals surface area contributed by atoms with Gasteiger partial charge in [-0.25, -0.2) is 4.98 Å². The minimum atomic E-state index is -0.711. The van der Waals surface area contributed by atoms with Crippen molar-refractivity contribution in [2.75, 3.05) is 0 Å². The predicted molar refractivity (Wildman–Crippen MR) is 87.9 cm³/mol. The number of nitrogens with zero attached hydrogens (tertiary/aromatic N) is 1. The molecule has 0 amide bonds. The summed E-state index contributed by atoms with van der Waals surface area (Å²) in [5, 5.41) is 10.2. The molecule has 0 radical (unpaired) electrons. The van der Waals surface area contributed by atoms with Crippen LogP contribution in [-0.4, -0.2) is 16.1 Å². The van der Waals surface area contributed by atoms with E-state index >= 15 is 0 Å². The van der Waals surface area contributed by atoms with Gasteiger partial charge in [0.1, 0.15) is 0 Å². The van der Waals surface area contributed by atoms with Crippen molar-refractivity contribution >= 4 is 17.7 Å². The van der Waals surface area contributed by atoms with Crippen LogP contribution in [0.2, 0.25) is 0 Å². The van der Waals surface area contributed by atoms with Crippen molar-refractivity contribution in [1.29, 1.82) is 0 Å². The van der Waals surface area contributed by atoms with Gasteiger partial charge in [0, 0.05) is 17.9 Å². The van der Waals surface area contributed by atoms with Gasteiger partial charge in [0.05, 0.1) is 10.9 Å². The monoisotopic (exact) mass is 313 g/mol. The Kier molecular flexibility index (Phi) is 3.96. The van der Waals surface area contributed by atoms with Gasteiger partial charge < -0.3 is 5.11 Å². The molecule has 1 N–H and O–H groups in total. The highest BCUT2D eigenvalue weighted by atomic mass is 32.2. The lowest BCUT2D eigenvalue weighted by atomic mass is 10.1. The van der Waals surface area contributed by atoms with Crippen LogP contribution in [0.15, 0.2) is 53.7 Å². The van der Waals surface area contributed by atoms with Crippen molar-refractivity contribution in [1.82, 2.24) is 4.98 Å². The number of rotatable bonds is 5. The molecule has 1 aliphatic carbocycles. The molecule has 1 fully saturated rings. The summed E-state index contributed by atoms with van der Waals surface area (Å²) >= 11 is 1.69. The van der Waals surface area contributed by atoms with E-state index in [4.69, 9.17) is 0 Å². The molecular weight excluding hydrogens is 294 g/mol. The number of aromatic nitrogens is 1. The first kappa shape index (κ1) is 15.1. The first-order valence-electron chi connectivity index (χ1n) is 7.35. The van der Waals surface area contributed by atoms with Gasteiger partial charge in [-0.3, -0.25) is 4.79 Å². The van der Waals surface area contributed by atoms with Crippen molar-refractivity contribution < 1.29 is 9.90 Å². The Morgan fingerprint density at radius 1 is 1.23 bits per heavy atom. The largest absolute Gasteiger partial charge is 0.481 e. The lowest BCUT2D eigenvalue weighted by molar-refractivity contribution is -0.139. The molecule has 3 nitrogen and oxygen atoms in total. The lowest BCUT2D eigenvalue weighted by Crippen LogP contribution is -2.03. The number of aliphatic carboxylic acids is 1. The number of pyridine rings is 1. The van der Waals surface area contributed by atoms with E-state index in [9.17, 15) is 9.90 Å². The molecule has 22 heavy (non-hydrogen) atoms. The quantitative estimate of drug-likeness (QED) is 0.841. The second kappa shape index (κ2) is 5.76. The summed E-state index contributed by atoms with van der Waals surface area (Å²) in [7, 11) is 0. The van der Waals surface area contributed by atoms with Crippen molar-refractivity contribution in [2.45, 2.75) is 30.5 Å². The average Bonchev–Trinajstić information content (AvgIpc) is 3.10. The summed E-state index contributed by atoms with van der Waals surface area (Å²) in [4.78, 5) is 15.7. The maximum atomic E-state index is 11.3. The molecule has 1 heterocycles. The molecule has 3 rings (SSSR count). The average molecular weight is 313 g/mol. The van der Waals surface area contributed by atoms with Gasteiger partial charge in [0.25, 0.3) is 0 Å². The number of carbonyl (C=O) groups is 1. The van der Waals surface area contributed by atoms with Crippen LogP contribution in [0.1, 0.15) is 30.9 Å². The molecule has 1 aromatic carbocycles. The summed E-state index contributed by atoms with van der Waals surface area (Å²) in [5.41, 5.74) is 2.13. The number of thioether (sulfide) groups is 1. The van der Waals surface area contributed by atoms with Crippen LogP contribution >= 0.6 is 11.8 Å². The Hall–Kier alpha value is -1.81. The van der Waals surface area contributed by atoms with Gasteiger partial charge in [-0.1, -0.05) is 50.2 Å². The van der Waals surface area contributed by atoms with Gasteiger partial charge in [-0.2, -0.15) is 0 Å². The van der Waals surface area contributed by atoms with Crippen molar-refractivity contribution in [3.63, 3.8) is 0 Å². The van der Waals surface area contributed by atoms with Gasteiger partial charge in [0.2, 0.25) is 0 Å².